The number of nitrogens with zero attached hydrogens (tertiary/aromatic N) is 1. The summed E-state index contributed by atoms with van der Waals surface area (Å²) in [5.41, 5.74) is 0. The van der Waals surface area contributed by atoms with Crippen LogP contribution in [0.15, 0.2) is 24.3 Å². The third-order valence-electron chi connectivity index (χ3n) is 2.91. The van der Waals surface area contributed by atoms with E-state index in [0.717, 1.165) is 6.54 Å². The van der Waals surface area contributed by atoms with E-state index in [1.54, 1.807) is 12.1 Å². The second-order valence-electron chi connectivity index (χ2n) is 4.05. The number of ether oxygens (including phenoxy) is 1. The van der Waals surface area contributed by atoms with Crippen molar-refractivity contribution in [2.45, 2.75) is 18.9 Å². The molecule has 1 aromatic rings. The molecule has 1 saturated heterocycles. The van der Waals surface area contributed by atoms with Gasteiger partial charge in [-0.1, -0.05) is 6.07 Å². The zero-order valence-electron chi connectivity index (χ0n) is 9.36. The Morgan fingerprint density at radius 3 is 2.94 bits per heavy atom. The van der Waals surface area contributed by atoms with Crippen LogP contribution in [0.3, 0.4) is 0 Å². The molecular formula is C12H17ClFNO. The third-order valence-corrected chi connectivity index (χ3v) is 2.91. The van der Waals surface area contributed by atoms with E-state index >= 15 is 0 Å². The quantitative estimate of drug-likeness (QED) is 0.812. The van der Waals surface area contributed by atoms with Crippen LogP contribution in [0.25, 0.3) is 0 Å². The highest BCUT2D eigenvalue weighted by Gasteiger charge is 2.21. The molecule has 1 aliphatic heterocycles. The van der Waals surface area contributed by atoms with Gasteiger partial charge in [-0.3, -0.25) is 0 Å². The largest absolute Gasteiger partial charge is 0.492 e. The zero-order chi connectivity index (χ0) is 10.7. The Morgan fingerprint density at radius 2 is 2.31 bits per heavy atom. The maximum atomic E-state index is 12.9. The number of hydrogen-bond acceptors (Lipinski definition) is 2. The van der Waals surface area contributed by atoms with E-state index in [9.17, 15) is 4.39 Å². The summed E-state index contributed by atoms with van der Waals surface area (Å²) in [6.07, 6.45) is 2.40. The molecule has 16 heavy (non-hydrogen) atoms. The van der Waals surface area contributed by atoms with Gasteiger partial charge in [-0.15, -0.1) is 12.4 Å². The van der Waals surface area contributed by atoms with Gasteiger partial charge in [-0.25, -0.2) is 4.39 Å². The molecule has 4 heteroatoms. The summed E-state index contributed by atoms with van der Waals surface area (Å²) >= 11 is 0. The summed E-state index contributed by atoms with van der Waals surface area (Å²) in [7, 11) is 2.10. The fourth-order valence-corrected chi connectivity index (χ4v) is 1.94. The lowest BCUT2D eigenvalue weighted by atomic mass is 10.2. The molecule has 0 saturated carbocycles. The van der Waals surface area contributed by atoms with Gasteiger partial charge in [0.05, 0.1) is 0 Å². The fraction of sp³-hybridized carbons (Fsp3) is 0.500. The monoisotopic (exact) mass is 245 g/mol. The minimum atomic E-state index is -0.243. The Bertz CT molecular complexity index is 335. The van der Waals surface area contributed by atoms with Crippen molar-refractivity contribution in [3.05, 3.63) is 30.1 Å². The number of likely N-dealkylation sites (N-methyl/N-ethyl adjacent to an activating group) is 1. The average Bonchev–Trinajstić information content (AvgIpc) is 2.61. The molecule has 1 atom stereocenters. The normalized spacial score (nSPS) is 20.5. The molecule has 2 nitrogen and oxygen atoms in total. The Balaban J connectivity index is 0.00000128. The van der Waals surface area contributed by atoms with E-state index in [2.05, 4.69) is 11.9 Å². The molecule has 0 amide bonds. The van der Waals surface area contributed by atoms with Crippen LogP contribution >= 0.6 is 12.4 Å². The molecule has 2 rings (SSSR count). The van der Waals surface area contributed by atoms with Crippen molar-refractivity contribution in [2.24, 2.45) is 0 Å². The molecule has 0 aromatic heterocycles. The summed E-state index contributed by atoms with van der Waals surface area (Å²) in [5.74, 6) is 0.377. The number of hydrogen-bond donors (Lipinski definition) is 0. The van der Waals surface area contributed by atoms with Crippen molar-refractivity contribution >= 4 is 12.4 Å². The first-order valence-corrected chi connectivity index (χ1v) is 5.34. The van der Waals surface area contributed by atoms with Gasteiger partial charge in [0, 0.05) is 12.1 Å². The van der Waals surface area contributed by atoms with Crippen LogP contribution in [0.4, 0.5) is 4.39 Å². The molecule has 1 fully saturated rings. The Hall–Kier alpha value is -0.800. The van der Waals surface area contributed by atoms with E-state index < -0.39 is 0 Å². The van der Waals surface area contributed by atoms with Crippen LogP contribution in [-0.4, -0.2) is 31.1 Å². The smallest absolute Gasteiger partial charge is 0.126 e. The number of likely N-dealkylation sites (tertiary alicyclic amines) is 1. The standard InChI is InChI=1S/C12H16FNO.ClH/c1-14-7-3-5-11(14)9-15-12-6-2-4-10(13)8-12;/h2,4,6,8,11H,3,5,7,9H2,1H3;1H/t11-;/m0./s1. The van der Waals surface area contributed by atoms with Crippen molar-refractivity contribution in [1.29, 1.82) is 0 Å². The highest BCUT2D eigenvalue weighted by atomic mass is 35.5. The molecule has 1 heterocycles. The van der Waals surface area contributed by atoms with Crippen LogP contribution < -0.4 is 4.74 Å². The predicted molar refractivity (Wildman–Crippen MR) is 64.8 cm³/mol. The Kier molecular flexibility index (Phi) is 5.03. The third kappa shape index (κ3) is 3.35. The molecular weight excluding hydrogens is 229 g/mol. The zero-order valence-corrected chi connectivity index (χ0v) is 10.2. The number of halogens is 2. The van der Waals surface area contributed by atoms with Crippen LogP contribution in [0, 0.1) is 5.82 Å². The second kappa shape index (κ2) is 6.06. The average molecular weight is 246 g/mol. The maximum absolute atomic E-state index is 12.9. The summed E-state index contributed by atoms with van der Waals surface area (Å²) in [6.45, 7) is 1.79. The van der Waals surface area contributed by atoms with Gasteiger partial charge in [-0.2, -0.15) is 0 Å². The molecule has 0 aliphatic carbocycles. The Morgan fingerprint density at radius 1 is 1.50 bits per heavy atom. The van der Waals surface area contributed by atoms with Crippen LogP contribution in [0.5, 0.6) is 5.75 Å². The van der Waals surface area contributed by atoms with Gasteiger partial charge < -0.3 is 9.64 Å². The first-order valence-electron chi connectivity index (χ1n) is 5.34. The molecule has 90 valence electrons. The van der Waals surface area contributed by atoms with Crippen molar-refractivity contribution in [1.82, 2.24) is 4.90 Å². The minimum Gasteiger partial charge on any atom is -0.492 e. The van der Waals surface area contributed by atoms with Gasteiger partial charge in [0.25, 0.3) is 0 Å². The predicted octanol–water partition coefficient (Wildman–Crippen LogP) is 2.72. The fourth-order valence-electron chi connectivity index (χ4n) is 1.94. The second-order valence-corrected chi connectivity index (χ2v) is 4.05. The van der Waals surface area contributed by atoms with E-state index in [4.69, 9.17) is 4.74 Å². The molecule has 1 aliphatic rings. The van der Waals surface area contributed by atoms with Gasteiger partial charge in [0.2, 0.25) is 0 Å². The van der Waals surface area contributed by atoms with Crippen LogP contribution in [0.1, 0.15) is 12.8 Å². The summed E-state index contributed by atoms with van der Waals surface area (Å²) < 4.78 is 18.4. The lowest BCUT2D eigenvalue weighted by Crippen LogP contribution is -2.30. The lowest BCUT2D eigenvalue weighted by molar-refractivity contribution is 0.198. The SMILES string of the molecule is CN1CCC[C@H]1COc1cccc(F)c1.Cl. The highest BCUT2D eigenvalue weighted by Crippen LogP contribution is 2.17. The van der Waals surface area contributed by atoms with Gasteiger partial charge in [-0.05, 0) is 38.6 Å². The van der Waals surface area contributed by atoms with E-state index in [0.29, 0.717) is 18.4 Å². The van der Waals surface area contributed by atoms with Gasteiger partial charge in [0.1, 0.15) is 18.2 Å². The Labute approximate surface area is 102 Å². The molecule has 1 aromatic carbocycles. The van der Waals surface area contributed by atoms with Crippen molar-refractivity contribution in [3.63, 3.8) is 0 Å². The molecule has 0 spiro atoms. The molecule has 0 radical (unpaired) electrons. The summed E-state index contributed by atoms with van der Waals surface area (Å²) in [6, 6.07) is 6.79. The van der Waals surface area contributed by atoms with Crippen LogP contribution in [-0.2, 0) is 0 Å². The first kappa shape index (κ1) is 13.3. The van der Waals surface area contributed by atoms with Crippen molar-refractivity contribution in [3.8, 4) is 5.75 Å². The highest BCUT2D eigenvalue weighted by molar-refractivity contribution is 5.85. The van der Waals surface area contributed by atoms with Crippen molar-refractivity contribution in [2.75, 3.05) is 20.2 Å². The van der Waals surface area contributed by atoms with Crippen molar-refractivity contribution < 1.29 is 9.13 Å². The topological polar surface area (TPSA) is 12.5 Å². The molecule has 0 N–H and O–H groups in total. The van der Waals surface area contributed by atoms with E-state index in [1.165, 1.54) is 25.0 Å². The van der Waals surface area contributed by atoms with E-state index in [-0.39, 0.29) is 18.2 Å². The van der Waals surface area contributed by atoms with Gasteiger partial charge >= 0.3 is 0 Å². The summed E-state index contributed by atoms with van der Waals surface area (Å²) in [5, 5.41) is 0. The van der Waals surface area contributed by atoms with Crippen LogP contribution in [0.2, 0.25) is 0 Å². The minimum absolute atomic E-state index is 0. The summed E-state index contributed by atoms with van der Waals surface area (Å²) in [4.78, 5) is 2.29. The van der Waals surface area contributed by atoms with Gasteiger partial charge in [0.15, 0.2) is 0 Å². The first-order chi connectivity index (χ1) is 7.25. The lowest BCUT2D eigenvalue weighted by Gasteiger charge is -2.19. The maximum Gasteiger partial charge on any atom is 0.126 e. The molecule has 0 unspecified atom stereocenters. The molecule has 0 bridgehead atoms. The number of benzene rings is 1. The van der Waals surface area contributed by atoms with E-state index in [1.807, 2.05) is 0 Å². The number of rotatable bonds is 3.